The maximum absolute atomic E-state index is 14.5. The number of ether oxygens (including phenoxy) is 1. The Bertz CT molecular complexity index is 1380. The average Bonchev–Trinajstić information content (AvgIpc) is 2.91. The lowest BCUT2D eigenvalue weighted by Crippen LogP contribution is -2.56. The molecule has 39 heavy (non-hydrogen) atoms. The van der Waals surface area contributed by atoms with E-state index < -0.39 is 23.1 Å². The zero-order chi connectivity index (χ0) is 27.8. The Morgan fingerprint density at radius 3 is 2.69 bits per heavy atom. The van der Waals surface area contributed by atoms with Crippen molar-refractivity contribution in [2.24, 2.45) is 5.92 Å². The molecule has 1 N–H and O–H groups in total. The number of anilines is 4. The molecule has 2 aromatic heterocycles. The number of alkyl halides is 1. The molecule has 0 saturated carbocycles. The van der Waals surface area contributed by atoms with Gasteiger partial charge in [0.15, 0.2) is 5.82 Å². The van der Waals surface area contributed by atoms with Crippen LogP contribution in [0.2, 0.25) is 5.02 Å². The van der Waals surface area contributed by atoms with Crippen LogP contribution in [0.3, 0.4) is 0 Å². The molecule has 2 aliphatic heterocycles. The lowest BCUT2D eigenvalue weighted by atomic mass is 9.88. The largest absolute Gasteiger partial charge is 0.378 e. The first-order valence-electron chi connectivity index (χ1n) is 13.4. The number of piperidine rings is 1. The second kappa shape index (κ2) is 11.5. The van der Waals surface area contributed by atoms with E-state index in [2.05, 4.69) is 53.1 Å². The van der Waals surface area contributed by atoms with Crippen LogP contribution in [0.5, 0.6) is 0 Å². The number of hydrogen-bond donors (Lipinski definition) is 1. The van der Waals surface area contributed by atoms with Crippen LogP contribution in [0, 0.1) is 5.92 Å². The van der Waals surface area contributed by atoms with Crippen LogP contribution in [-0.4, -0.2) is 76.2 Å². The highest BCUT2D eigenvalue weighted by Crippen LogP contribution is 2.39. The van der Waals surface area contributed by atoms with E-state index in [1.165, 1.54) is 18.9 Å². The van der Waals surface area contributed by atoms with Gasteiger partial charge >= 0.3 is 0 Å². The Morgan fingerprint density at radius 1 is 1.23 bits per heavy atom. The molecule has 0 spiro atoms. The van der Waals surface area contributed by atoms with Crippen LogP contribution in [0.15, 0.2) is 30.6 Å². The molecule has 0 aliphatic carbocycles. The van der Waals surface area contributed by atoms with Crippen LogP contribution in [0.1, 0.15) is 38.7 Å². The molecule has 0 amide bonds. The predicted octanol–water partition coefficient (Wildman–Crippen LogP) is 5.31. The van der Waals surface area contributed by atoms with Gasteiger partial charge in [-0.2, -0.15) is 4.98 Å². The molecule has 1 aromatic carbocycles. The molecular formula is C28H36ClFN6O2S. The van der Waals surface area contributed by atoms with Crippen molar-refractivity contribution >= 4 is 56.4 Å². The number of pyridine rings is 1. The Hall–Kier alpha value is -2.56. The van der Waals surface area contributed by atoms with Crippen molar-refractivity contribution in [2.45, 2.75) is 51.4 Å². The summed E-state index contributed by atoms with van der Waals surface area (Å²) >= 11 is 6.46. The minimum absolute atomic E-state index is 0.165. The van der Waals surface area contributed by atoms with E-state index in [-0.39, 0.29) is 6.54 Å². The zero-order valence-electron chi connectivity index (χ0n) is 23.0. The highest BCUT2D eigenvalue weighted by molar-refractivity contribution is 7.84. The van der Waals surface area contributed by atoms with Gasteiger partial charge in [-0.15, -0.1) is 0 Å². The molecule has 4 heterocycles. The van der Waals surface area contributed by atoms with Crippen molar-refractivity contribution in [1.82, 2.24) is 15.0 Å². The summed E-state index contributed by atoms with van der Waals surface area (Å²) in [4.78, 5) is 17.9. The third kappa shape index (κ3) is 5.69. The first kappa shape index (κ1) is 28.0. The molecule has 5 rings (SSSR count). The average molecular weight is 575 g/mol. The normalized spacial score (nSPS) is 24.2. The summed E-state index contributed by atoms with van der Waals surface area (Å²) in [6.07, 6.45) is 4.24. The van der Waals surface area contributed by atoms with Crippen molar-refractivity contribution in [3.8, 4) is 0 Å². The number of benzene rings is 1. The lowest BCUT2D eigenvalue weighted by Gasteiger charge is -2.48. The molecule has 8 nitrogen and oxygen atoms in total. The van der Waals surface area contributed by atoms with Crippen molar-refractivity contribution in [1.29, 1.82) is 0 Å². The van der Waals surface area contributed by atoms with E-state index in [1.807, 2.05) is 17.2 Å². The smallest absolute Gasteiger partial charge is 0.227 e. The number of rotatable bonds is 8. The van der Waals surface area contributed by atoms with Gasteiger partial charge in [0.05, 0.1) is 18.8 Å². The van der Waals surface area contributed by atoms with E-state index in [0.29, 0.717) is 53.4 Å². The molecule has 0 unspecified atom stereocenters. The SMILES string of the molecule is CO[C@H]1CCN(c2ncc(Cl)c(Nc3cc4c(C(C)C)ccc(N5C[C@H](C[S@](C)=O)[C@H]5C)c4cn3)n2)C[C@H]1F. The summed E-state index contributed by atoms with van der Waals surface area (Å²) in [5.74, 6) is 2.92. The Morgan fingerprint density at radius 2 is 2.03 bits per heavy atom. The molecule has 0 radical (unpaired) electrons. The van der Waals surface area contributed by atoms with Crippen molar-refractivity contribution in [3.05, 3.63) is 41.2 Å². The van der Waals surface area contributed by atoms with E-state index in [4.69, 9.17) is 21.3 Å². The van der Waals surface area contributed by atoms with Gasteiger partial charge in [0.2, 0.25) is 5.95 Å². The van der Waals surface area contributed by atoms with Crippen LogP contribution in [0.25, 0.3) is 10.8 Å². The minimum Gasteiger partial charge on any atom is -0.378 e. The van der Waals surface area contributed by atoms with E-state index in [9.17, 15) is 8.60 Å². The van der Waals surface area contributed by atoms with Crippen LogP contribution < -0.4 is 15.1 Å². The van der Waals surface area contributed by atoms with Crippen LogP contribution >= 0.6 is 11.6 Å². The van der Waals surface area contributed by atoms with Crippen molar-refractivity contribution in [2.75, 3.05) is 53.9 Å². The molecule has 5 atom stereocenters. The standard InChI is InChI=1S/C28H36ClFN6O2S/c1-16(2)19-6-7-24(36-13-18(17(36)3)15-39(5)37)21-11-31-26(10-20(19)21)33-27-22(29)12-32-28(34-27)35-9-8-25(38-4)23(30)14-35/h6-7,10-12,16-18,23,25H,8-9,13-15H2,1-5H3,(H,31,32,33,34)/t17-,18-,23-,25+,39+/m1/s1. The summed E-state index contributed by atoms with van der Waals surface area (Å²) in [5, 5.41) is 5.82. The van der Waals surface area contributed by atoms with Gasteiger partial charge in [0.1, 0.15) is 17.0 Å². The first-order valence-corrected chi connectivity index (χ1v) is 15.5. The number of methoxy groups -OCH3 is 1. The van der Waals surface area contributed by atoms with Crippen LogP contribution in [0.4, 0.5) is 27.7 Å². The van der Waals surface area contributed by atoms with E-state index >= 15 is 0 Å². The second-order valence-corrected chi connectivity index (χ2v) is 12.7. The fourth-order valence-corrected chi connectivity index (χ4v) is 6.74. The molecule has 2 fully saturated rings. The van der Waals surface area contributed by atoms with Gasteiger partial charge < -0.3 is 19.9 Å². The van der Waals surface area contributed by atoms with Crippen LogP contribution in [-0.2, 0) is 15.5 Å². The number of hydrogen-bond acceptors (Lipinski definition) is 8. The quantitative estimate of drug-likeness (QED) is 0.387. The lowest BCUT2D eigenvalue weighted by molar-refractivity contribution is 0.0194. The molecular weight excluding hydrogens is 539 g/mol. The highest BCUT2D eigenvalue weighted by atomic mass is 35.5. The van der Waals surface area contributed by atoms with Gasteiger partial charge in [0, 0.05) is 72.2 Å². The molecule has 210 valence electrons. The summed E-state index contributed by atoms with van der Waals surface area (Å²) in [6.45, 7) is 8.21. The Kier molecular flexibility index (Phi) is 8.26. The second-order valence-electron chi connectivity index (χ2n) is 10.9. The number of aromatic nitrogens is 3. The number of halogens is 2. The Labute approximate surface area is 236 Å². The van der Waals surface area contributed by atoms with Gasteiger partial charge in [-0.1, -0.05) is 31.5 Å². The predicted molar refractivity (Wildman–Crippen MR) is 158 cm³/mol. The summed E-state index contributed by atoms with van der Waals surface area (Å²) < 4.78 is 31.5. The fraction of sp³-hybridized carbons (Fsp3) is 0.536. The zero-order valence-corrected chi connectivity index (χ0v) is 24.6. The third-order valence-corrected chi connectivity index (χ3v) is 9.12. The molecule has 3 aromatic rings. The summed E-state index contributed by atoms with van der Waals surface area (Å²) in [5.41, 5.74) is 2.37. The summed E-state index contributed by atoms with van der Waals surface area (Å²) in [7, 11) is 0.735. The van der Waals surface area contributed by atoms with Crippen molar-refractivity contribution in [3.63, 3.8) is 0 Å². The number of fused-ring (bicyclic) bond motifs is 1. The molecule has 11 heteroatoms. The third-order valence-electron chi connectivity index (χ3n) is 7.94. The maximum atomic E-state index is 14.5. The topological polar surface area (TPSA) is 83.5 Å². The van der Waals surface area contributed by atoms with Gasteiger partial charge in [-0.05, 0) is 42.3 Å². The monoisotopic (exact) mass is 574 g/mol. The highest BCUT2D eigenvalue weighted by Gasteiger charge is 2.37. The maximum Gasteiger partial charge on any atom is 0.227 e. The minimum atomic E-state index is -1.11. The molecule has 0 bridgehead atoms. The van der Waals surface area contributed by atoms with Gasteiger partial charge in [-0.3, -0.25) is 4.21 Å². The van der Waals surface area contributed by atoms with Gasteiger partial charge in [-0.25, -0.2) is 14.4 Å². The number of nitrogens with one attached hydrogen (secondary N) is 1. The van der Waals surface area contributed by atoms with Gasteiger partial charge in [0.25, 0.3) is 0 Å². The molecule has 2 saturated heterocycles. The number of nitrogens with zero attached hydrogens (tertiary/aromatic N) is 5. The van der Waals surface area contributed by atoms with Crippen molar-refractivity contribution < 1.29 is 13.3 Å². The fourth-order valence-electron chi connectivity index (χ4n) is 5.62. The summed E-state index contributed by atoms with van der Waals surface area (Å²) in [6, 6.07) is 6.73. The Balaban J connectivity index is 1.43. The first-order chi connectivity index (χ1) is 18.7. The van der Waals surface area contributed by atoms with E-state index in [0.717, 1.165) is 28.8 Å². The van der Waals surface area contributed by atoms with E-state index in [1.54, 1.807) is 6.26 Å². The molecule has 2 aliphatic rings.